The molecule has 1 saturated heterocycles. The third-order valence-electron chi connectivity index (χ3n) is 4.58. The van der Waals surface area contributed by atoms with Crippen LogP contribution in [0.3, 0.4) is 0 Å². The minimum absolute atomic E-state index is 0.147. The second-order valence-corrected chi connectivity index (χ2v) is 7.03. The van der Waals surface area contributed by atoms with Crippen molar-refractivity contribution in [1.82, 2.24) is 10.6 Å². The number of hydrogen-bond acceptors (Lipinski definition) is 3. The minimum Gasteiger partial charge on any atom is -0.352 e. The largest absolute Gasteiger partial charge is 0.352 e. The lowest BCUT2D eigenvalue weighted by molar-refractivity contribution is -0.132. The smallest absolute Gasteiger partial charge is 0.226 e. The first-order valence-corrected chi connectivity index (χ1v) is 8.49. The number of carbonyl (C=O) groups is 1. The number of amides is 1. The van der Waals surface area contributed by atoms with Crippen LogP contribution >= 0.6 is 11.8 Å². The van der Waals surface area contributed by atoms with Gasteiger partial charge in [0.1, 0.15) is 0 Å². The van der Waals surface area contributed by atoms with Gasteiger partial charge in [0.05, 0.1) is 0 Å². The molecule has 1 amide bonds. The highest BCUT2D eigenvalue weighted by Gasteiger charge is 2.37. The van der Waals surface area contributed by atoms with E-state index in [1.54, 1.807) is 0 Å². The minimum atomic E-state index is -0.147. The number of rotatable bonds is 3. The molecule has 0 aromatic heterocycles. The van der Waals surface area contributed by atoms with Gasteiger partial charge in [-0.25, -0.2) is 0 Å². The molecule has 2 aliphatic rings. The molecule has 18 heavy (non-hydrogen) atoms. The summed E-state index contributed by atoms with van der Waals surface area (Å²) in [6.45, 7) is 4.07. The molecule has 2 rings (SSSR count). The van der Waals surface area contributed by atoms with Gasteiger partial charge in [-0.15, -0.1) is 0 Å². The normalized spacial score (nSPS) is 31.9. The molecule has 2 N–H and O–H groups in total. The standard InChI is InChI=1S/C14H26N2OS/c1-14(7-9-15-10-8-14)13(17)16-11-5-3-4-6-12(11)18-2/h11-12,15H,3-10H2,1-2H3,(H,16,17). The van der Waals surface area contributed by atoms with Crippen molar-refractivity contribution in [3.05, 3.63) is 0 Å². The maximum Gasteiger partial charge on any atom is 0.226 e. The van der Waals surface area contributed by atoms with Crippen molar-refractivity contribution in [2.24, 2.45) is 5.41 Å². The quantitative estimate of drug-likeness (QED) is 0.826. The van der Waals surface area contributed by atoms with Crippen LogP contribution in [-0.2, 0) is 4.79 Å². The maximum absolute atomic E-state index is 12.5. The molecule has 4 heteroatoms. The van der Waals surface area contributed by atoms with Crippen molar-refractivity contribution in [2.75, 3.05) is 19.3 Å². The van der Waals surface area contributed by atoms with Gasteiger partial charge in [-0.05, 0) is 45.0 Å². The fraction of sp³-hybridized carbons (Fsp3) is 0.929. The molecule has 104 valence electrons. The van der Waals surface area contributed by atoms with Gasteiger partial charge in [-0.1, -0.05) is 19.8 Å². The second kappa shape index (κ2) is 6.29. The highest BCUT2D eigenvalue weighted by molar-refractivity contribution is 7.99. The molecule has 0 radical (unpaired) electrons. The molecule has 2 fully saturated rings. The first-order chi connectivity index (χ1) is 8.65. The predicted molar refractivity (Wildman–Crippen MR) is 77.9 cm³/mol. The van der Waals surface area contributed by atoms with Crippen molar-refractivity contribution in [1.29, 1.82) is 0 Å². The third kappa shape index (κ3) is 3.21. The number of piperidine rings is 1. The first-order valence-electron chi connectivity index (χ1n) is 7.20. The molecular weight excluding hydrogens is 244 g/mol. The van der Waals surface area contributed by atoms with Crippen LogP contribution in [0, 0.1) is 5.41 Å². The van der Waals surface area contributed by atoms with Gasteiger partial charge in [0.25, 0.3) is 0 Å². The summed E-state index contributed by atoms with van der Waals surface area (Å²) >= 11 is 1.91. The van der Waals surface area contributed by atoms with Crippen LogP contribution in [0.2, 0.25) is 0 Å². The van der Waals surface area contributed by atoms with Crippen LogP contribution in [0.5, 0.6) is 0 Å². The molecule has 1 heterocycles. The molecule has 0 spiro atoms. The van der Waals surface area contributed by atoms with Crippen molar-refractivity contribution in [3.63, 3.8) is 0 Å². The first kappa shape index (κ1) is 14.2. The summed E-state index contributed by atoms with van der Waals surface area (Å²) < 4.78 is 0. The van der Waals surface area contributed by atoms with E-state index in [0.717, 1.165) is 32.4 Å². The zero-order chi connectivity index (χ0) is 13.0. The topological polar surface area (TPSA) is 41.1 Å². The van der Waals surface area contributed by atoms with E-state index >= 15 is 0 Å². The SMILES string of the molecule is CSC1CCCCC1NC(=O)C1(C)CCNCC1. The fourth-order valence-corrected chi connectivity index (χ4v) is 4.03. The molecule has 1 saturated carbocycles. The van der Waals surface area contributed by atoms with E-state index < -0.39 is 0 Å². The highest BCUT2D eigenvalue weighted by atomic mass is 32.2. The average molecular weight is 270 g/mol. The van der Waals surface area contributed by atoms with Gasteiger partial charge in [-0.2, -0.15) is 11.8 Å². The Balaban J connectivity index is 1.92. The lowest BCUT2D eigenvalue weighted by Gasteiger charge is -2.37. The summed E-state index contributed by atoms with van der Waals surface area (Å²) in [6, 6.07) is 0.396. The Morgan fingerprint density at radius 2 is 1.94 bits per heavy atom. The summed E-state index contributed by atoms with van der Waals surface area (Å²) in [5, 5.41) is 7.30. The summed E-state index contributed by atoms with van der Waals surface area (Å²) in [6.07, 6.45) is 9.10. The van der Waals surface area contributed by atoms with E-state index in [4.69, 9.17) is 0 Å². The van der Waals surface area contributed by atoms with Crippen LogP contribution in [0.1, 0.15) is 45.4 Å². The van der Waals surface area contributed by atoms with E-state index in [1.165, 1.54) is 19.3 Å². The van der Waals surface area contributed by atoms with Gasteiger partial charge in [0.15, 0.2) is 0 Å². The van der Waals surface area contributed by atoms with Gasteiger partial charge in [-0.3, -0.25) is 4.79 Å². The summed E-state index contributed by atoms with van der Waals surface area (Å²) in [5.74, 6) is 0.287. The lowest BCUT2D eigenvalue weighted by Crippen LogP contribution is -2.52. The zero-order valence-electron chi connectivity index (χ0n) is 11.6. The zero-order valence-corrected chi connectivity index (χ0v) is 12.4. The van der Waals surface area contributed by atoms with E-state index in [9.17, 15) is 4.79 Å². The fourth-order valence-electron chi connectivity index (χ4n) is 3.09. The van der Waals surface area contributed by atoms with E-state index in [2.05, 4.69) is 23.8 Å². The predicted octanol–water partition coefficient (Wildman–Crippen LogP) is 2.17. The molecule has 1 aliphatic carbocycles. The van der Waals surface area contributed by atoms with Gasteiger partial charge in [0.2, 0.25) is 5.91 Å². The molecule has 2 atom stereocenters. The lowest BCUT2D eigenvalue weighted by atomic mass is 9.79. The number of nitrogens with one attached hydrogen (secondary N) is 2. The van der Waals surface area contributed by atoms with Crippen LogP contribution < -0.4 is 10.6 Å². The summed E-state index contributed by atoms with van der Waals surface area (Å²) in [5.41, 5.74) is -0.147. The average Bonchev–Trinajstić information content (AvgIpc) is 2.40. The molecule has 2 unspecified atom stereocenters. The molecule has 3 nitrogen and oxygen atoms in total. The van der Waals surface area contributed by atoms with E-state index in [0.29, 0.717) is 11.3 Å². The Kier molecular flexibility index (Phi) is 4.96. The number of hydrogen-bond donors (Lipinski definition) is 2. The summed E-state index contributed by atoms with van der Waals surface area (Å²) in [4.78, 5) is 12.5. The van der Waals surface area contributed by atoms with Crippen molar-refractivity contribution < 1.29 is 4.79 Å². The van der Waals surface area contributed by atoms with Crippen LogP contribution in [0.4, 0.5) is 0 Å². The van der Waals surface area contributed by atoms with Crippen molar-refractivity contribution in [2.45, 2.75) is 56.7 Å². The van der Waals surface area contributed by atoms with Crippen LogP contribution in [-0.4, -0.2) is 36.5 Å². The van der Waals surface area contributed by atoms with Gasteiger partial charge >= 0.3 is 0 Å². The van der Waals surface area contributed by atoms with E-state index in [1.807, 2.05) is 11.8 Å². The number of carbonyl (C=O) groups excluding carboxylic acids is 1. The van der Waals surface area contributed by atoms with Crippen LogP contribution in [0.15, 0.2) is 0 Å². The Bertz CT molecular complexity index is 290. The molecular formula is C14H26N2OS. The number of thioether (sulfide) groups is 1. The molecule has 0 aromatic rings. The Labute approximate surface area is 115 Å². The molecule has 0 bridgehead atoms. The Morgan fingerprint density at radius 1 is 1.28 bits per heavy atom. The Hall–Kier alpha value is -0.220. The van der Waals surface area contributed by atoms with Gasteiger partial charge < -0.3 is 10.6 Å². The summed E-state index contributed by atoms with van der Waals surface area (Å²) in [7, 11) is 0. The van der Waals surface area contributed by atoms with Crippen LogP contribution in [0.25, 0.3) is 0 Å². The van der Waals surface area contributed by atoms with Crippen molar-refractivity contribution in [3.8, 4) is 0 Å². The third-order valence-corrected chi connectivity index (χ3v) is 5.75. The van der Waals surface area contributed by atoms with Gasteiger partial charge in [0, 0.05) is 16.7 Å². The molecule has 1 aliphatic heterocycles. The monoisotopic (exact) mass is 270 g/mol. The highest BCUT2D eigenvalue weighted by Crippen LogP contribution is 2.31. The maximum atomic E-state index is 12.5. The van der Waals surface area contributed by atoms with E-state index in [-0.39, 0.29) is 11.3 Å². The molecule has 0 aromatic carbocycles. The van der Waals surface area contributed by atoms with Crippen molar-refractivity contribution >= 4 is 17.7 Å². The second-order valence-electron chi connectivity index (χ2n) is 5.95. The Morgan fingerprint density at radius 3 is 2.61 bits per heavy atom.